The number of nitrogens with one attached hydrogen (secondary N) is 1. The third-order valence-corrected chi connectivity index (χ3v) is 6.73. The molecule has 0 spiro atoms. The van der Waals surface area contributed by atoms with Gasteiger partial charge in [0.05, 0.1) is 23.6 Å². The largest absolute Gasteiger partial charge is 0.369 e. The number of nitrogens with zero attached hydrogens (tertiary/aromatic N) is 2. The zero-order valence-corrected chi connectivity index (χ0v) is 18.5. The van der Waals surface area contributed by atoms with Gasteiger partial charge in [-0.3, -0.25) is 9.59 Å². The maximum Gasteiger partial charge on any atom is 0.234 e. The van der Waals surface area contributed by atoms with Gasteiger partial charge in [-0.05, 0) is 42.5 Å². The summed E-state index contributed by atoms with van der Waals surface area (Å²) in [4.78, 5) is 31.4. The maximum absolute atomic E-state index is 12.5. The Bertz CT molecular complexity index is 1100. The lowest BCUT2D eigenvalue weighted by Crippen LogP contribution is -2.41. The Morgan fingerprint density at radius 2 is 2.00 bits per heavy atom. The third-order valence-electron chi connectivity index (χ3n) is 5.35. The number of primary amides is 1. The monoisotopic (exact) mass is 454 g/mol. The number of halogens is 1. The lowest BCUT2D eigenvalue weighted by molar-refractivity contribution is -0.122. The van der Waals surface area contributed by atoms with Gasteiger partial charge in [0.1, 0.15) is 5.82 Å². The zero-order valence-electron chi connectivity index (χ0n) is 16.9. The van der Waals surface area contributed by atoms with Crippen molar-refractivity contribution < 1.29 is 9.59 Å². The average Bonchev–Trinajstić information content (AvgIpc) is 2.78. The number of amides is 2. The van der Waals surface area contributed by atoms with Crippen LogP contribution in [0.2, 0.25) is 5.02 Å². The van der Waals surface area contributed by atoms with Gasteiger partial charge in [-0.1, -0.05) is 35.9 Å². The van der Waals surface area contributed by atoms with E-state index in [1.807, 2.05) is 48.5 Å². The molecule has 8 heteroatoms. The van der Waals surface area contributed by atoms with Gasteiger partial charge < -0.3 is 16.0 Å². The molecule has 0 aliphatic carbocycles. The quantitative estimate of drug-likeness (QED) is 0.541. The lowest BCUT2D eigenvalue weighted by Gasteiger charge is -2.32. The molecular weight excluding hydrogens is 432 g/mol. The number of carbonyl (C=O) groups is 2. The smallest absolute Gasteiger partial charge is 0.234 e. The molecule has 1 aromatic heterocycles. The van der Waals surface area contributed by atoms with E-state index < -0.39 is 0 Å². The second-order valence-corrected chi connectivity index (χ2v) is 8.95. The number of pyridine rings is 1. The normalized spacial score (nSPS) is 16.3. The van der Waals surface area contributed by atoms with E-state index in [1.54, 1.807) is 6.20 Å². The van der Waals surface area contributed by atoms with Gasteiger partial charge >= 0.3 is 0 Å². The van der Waals surface area contributed by atoms with Crippen molar-refractivity contribution >= 4 is 57.5 Å². The first-order valence-corrected chi connectivity index (χ1v) is 11.5. The molecule has 6 nitrogen and oxygen atoms in total. The predicted octanol–water partition coefficient (Wildman–Crippen LogP) is 4.32. The van der Waals surface area contributed by atoms with Crippen LogP contribution in [0.25, 0.3) is 10.8 Å². The number of aromatic nitrogens is 1. The number of rotatable bonds is 6. The maximum atomic E-state index is 12.5. The summed E-state index contributed by atoms with van der Waals surface area (Å²) in [6, 6.07) is 15.4. The van der Waals surface area contributed by atoms with E-state index in [2.05, 4.69) is 15.2 Å². The minimum Gasteiger partial charge on any atom is -0.369 e. The molecule has 2 amide bonds. The summed E-state index contributed by atoms with van der Waals surface area (Å²) in [6.07, 6.45) is 3.36. The molecule has 1 aliphatic rings. The summed E-state index contributed by atoms with van der Waals surface area (Å²) in [5, 5.41) is 5.58. The van der Waals surface area contributed by atoms with Crippen molar-refractivity contribution in [1.29, 1.82) is 0 Å². The minimum atomic E-state index is -0.265. The van der Waals surface area contributed by atoms with Crippen LogP contribution >= 0.6 is 23.4 Å². The first kappa shape index (κ1) is 21.5. The Morgan fingerprint density at radius 1 is 1.19 bits per heavy atom. The summed E-state index contributed by atoms with van der Waals surface area (Å²) < 4.78 is 0. The SMILES string of the molecule is NC(=O)C1CCCN(c2ccc(NC(=O)CSc3cccc4cccc(Cl)c34)cn2)C1. The Kier molecular flexibility index (Phi) is 6.63. The number of hydrogen-bond donors (Lipinski definition) is 2. The molecule has 160 valence electrons. The fourth-order valence-corrected chi connectivity index (χ4v) is 5.03. The highest BCUT2D eigenvalue weighted by molar-refractivity contribution is 8.00. The first-order valence-electron chi connectivity index (χ1n) is 10.1. The van der Waals surface area contributed by atoms with E-state index in [9.17, 15) is 9.59 Å². The number of hydrogen-bond acceptors (Lipinski definition) is 5. The van der Waals surface area contributed by atoms with Gasteiger partial charge in [0.15, 0.2) is 0 Å². The highest BCUT2D eigenvalue weighted by atomic mass is 35.5. The van der Waals surface area contributed by atoms with Crippen molar-refractivity contribution in [2.45, 2.75) is 17.7 Å². The summed E-state index contributed by atoms with van der Waals surface area (Å²) in [6.45, 7) is 1.42. The summed E-state index contributed by atoms with van der Waals surface area (Å²) in [5.74, 6) is 0.519. The van der Waals surface area contributed by atoms with Gasteiger partial charge in [0.2, 0.25) is 11.8 Å². The molecule has 1 atom stereocenters. The molecule has 0 saturated carbocycles. The number of benzene rings is 2. The lowest BCUT2D eigenvalue weighted by atomic mass is 9.97. The highest BCUT2D eigenvalue weighted by Crippen LogP contribution is 2.33. The van der Waals surface area contributed by atoms with Crippen molar-refractivity contribution in [3.63, 3.8) is 0 Å². The number of nitrogens with two attached hydrogens (primary N) is 1. The number of fused-ring (bicyclic) bond motifs is 1. The van der Waals surface area contributed by atoms with Crippen LogP contribution in [0.5, 0.6) is 0 Å². The van der Waals surface area contributed by atoms with Gasteiger partial charge in [-0.15, -0.1) is 11.8 Å². The Balaban J connectivity index is 1.36. The molecule has 0 bridgehead atoms. The summed E-state index contributed by atoms with van der Waals surface area (Å²) in [7, 11) is 0. The van der Waals surface area contributed by atoms with E-state index in [0.717, 1.165) is 40.9 Å². The average molecular weight is 455 g/mol. The molecule has 0 radical (unpaired) electrons. The molecule has 1 aliphatic heterocycles. The number of carbonyl (C=O) groups excluding carboxylic acids is 2. The topological polar surface area (TPSA) is 88.3 Å². The van der Waals surface area contributed by atoms with Crippen LogP contribution in [-0.4, -0.2) is 35.6 Å². The molecule has 4 rings (SSSR count). The van der Waals surface area contributed by atoms with Crippen LogP contribution in [0.15, 0.2) is 59.6 Å². The zero-order chi connectivity index (χ0) is 21.8. The molecule has 3 aromatic rings. The van der Waals surface area contributed by atoms with Crippen LogP contribution in [0.3, 0.4) is 0 Å². The second kappa shape index (κ2) is 9.58. The number of anilines is 2. The molecule has 2 heterocycles. The summed E-state index contributed by atoms with van der Waals surface area (Å²) >= 11 is 7.81. The molecule has 3 N–H and O–H groups in total. The van der Waals surface area contributed by atoms with Gasteiger partial charge in [0.25, 0.3) is 0 Å². The minimum absolute atomic E-state index is 0.115. The standard InChI is InChI=1S/C23H23ClN4O2S/c24-18-7-1-4-15-5-2-8-19(22(15)18)31-14-21(29)27-17-9-10-20(26-12-17)28-11-3-6-16(13-28)23(25)30/h1-2,4-5,7-10,12,16H,3,6,11,13-14H2,(H2,25,30)(H,27,29). The van der Waals surface area contributed by atoms with Crippen LogP contribution in [0, 0.1) is 5.92 Å². The van der Waals surface area contributed by atoms with Crippen molar-refractivity contribution in [1.82, 2.24) is 4.98 Å². The van der Waals surface area contributed by atoms with E-state index in [-0.39, 0.29) is 23.5 Å². The number of piperidine rings is 1. The van der Waals surface area contributed by atoms with Crippen LogP contribution in [-0.2, 0) is 9.59 Å². The molecular formula is C23H23ClN4O2S. The fraction of sp³-hybridized carbons (Fsp3) is 0.261. The van der Waals surface area contributed by atoms with Crippen molar-refractivity contribution in [2.24, 2.45) is 11.7 Å². The van der Waals surface area contributed by atoms with Gasteiger partial charge in [0, 0.05) is 28.4 Å². The van der Waals surface area contributed by atoms with Crippen LogP contribution < -0.4 is 16.0 Å². The van der Waals surface area contributed by atoms with E-state index >= 15 is 0 Å². The van der Waals surface area contributed by atoms with Crippen molar-refractivity contribution in [3.8, 4) is 0 Å². The molecule has 31 heavy (non-hydrogen) atoms. The molecule has 1 fully saturated rings. The Hall–Kier alpha value is -2.77. The summed E-state index contributed by atoms with van der Waals surface area (Å²) in [5.41, 5.74) is 6.09. The fourth-order valence-electron chi connectivity index (χ4n) is 3.79. The van der Waals surface area contributed by atoms with Crippen molar-refractivity contribution in [2.75, 3.05) is 29.1 Å². The Labute approximate surface area is 190 Å². The Morgan fingerprint density at radius 3 is 2.74 bits per heavy atom. The number of thioether (sulfide) groups is 1. The van der Waals surface area contributed by atoms with Gasteiger partial charge in [-0.2, -0.15) is 0 Å². The molecule has 1 saturated heterocycles. The van der Waals surface area contributed by atoms with E-state index in [1.165, 1.54) is 11.8 Å². The predicted molar refractivity (Wildman–Crippen MR) is 127 cm³/mol. The first-order chi connectivity index (χ1) is 15.0. The molecule has 1 unspecified atom stereocenters. The third kappa shape index (κ3) is 5.11. The van der Waals surface area contributed by atoms with Gasteiger partial charge in [-0.25, -0.2) is 4.98 Å². The highest BCUT2D eigenvalue weighted by Gasteiger charge is 2.24. The second-order valence-electron chi connectivity index (χ2n) is 7.52. The van der Waals surface area contributed by atoms with Crippen LogP contribution in [0.1, 0.15) is 12.8 Å². The van der Waals surface area contributed by atoms with Crippen molar-refractivity contribution in [3.05, 3.63) is 59.8 Å². The van der Waals surface area contributed by atoms with E-state index in [0.29, 0.717) is 17.3 Å². The van der Waals surface area contributed by atoms with Crippen LogP contribution in [0.4, 0.5) is 11.5 Å². The van der Waals surface area contributed by atoms with E-state index in [4.69, 9.17) is 17.3 Å². The molecule has 2 aromatic carbocycles.